The first kappa shape index (κ1) is 9.85. The first-order valence-corrected chi connectivity index (χ1v) is 5.41. The van der Waals surface area contributed by atoms with Crippen molar-refractivity contribution < 1.29 is 9.21 Å². The van der Waals surface area contributed by atoms with Crippen LogP contribution in [0.2, 0.25) is 0 Å². The van der Waals surface area contributed by atoms with E-state index in [1.54, 1.807) is 6.26 Å². The van der Waals surface area contributed by atoms with Crippen molar-refractivity contribution >= 4 is 6.29 Å². The Hall–Kier alpha value is -2.35. The van der Waals surface area contributed by atoms with Crippen LogP contribution in [-0.2, 0) is 0 Å². The van der Waals surface area contributed by atoms with Crippen LogP contribution in [0.5, 0.6) is 0 Å². The molecule has 3 rings (SSSR count). The first-order chi connectivity index (χ1) is 8.40. The Morgan fingerprint density at radius 3 is 2.53 bits per heavy atom. The Balaban J connectivity index is 2.28. The fourth-order valence-electron chi connectivity index (χ4n) is 2.07. The lowest BCUT2D eigenvalue weighted by atomic mass is 9.97. The number of carbonyl (C=O) groups excluding carboxylic acids is 1. The van der Waals surface area contributed by atoms with E-state index in [1.165, 1.54) is 0 Å². The van der Waals surface area contributed by atoms with E-state index in [0.29, 0.717) is 5.56 Å². The Morgan fingerprint density at radius 1 is 0.824 bits per heavy atom. The monoisotopic (exact) mass is 222 g/mol. The highest BCUT2D eigenvalue weighted by Crippen LogP contribution is 2.35. The third kappa shape index (κ3) is 1.54. The predicted octanol–water partition coefficient (Wildman–Crippen LogP) is 3.86. The van der Waals surface area contributed by atoms with Gasteiger partial charge in [0.1, 0.15) is 5.76 Å². The van der Waals surface area contributed by atoms with Crippen LogP contribution in [0.25, 0.3) is 22.5 Å². The molecule has 0 radical (unpaired) electrons. The fraction of sp³-hybridized carbons (Fsp3) is 0. The van der Waals surface area contributed by atoms with Crippen LogP contribution in [0.1, 0.15) is 10.4 Å². The molecule has 0 amide bonds. The van der Waals surface area contributed by atoms with Crippen LogP contribution in [0.3, 0.4) is 0 Å². The van der Waals surface area contributed by atoms with Crippen LogP contribution in [0.15, 0.2) is 59.2 Å². The van der Waals surface area contributed by atoms with E-state index in [-0.39, 0.29) is 0 Å². The maximum atomic E-state index is 11.1. The van der Waals surface area contributed by atoms with Gasteiger partial charge < -0.3 is 4.42 Å². The van der Waals surface area contributed by atoms with E-state index in [2.05, 4.69) is 0 Å². The molecular formula is C15H10O2. The summed E-state index contributed by atoms with van der Waals surface area (Å²) in [6, 6.07) is 15.3. The molecule has 0 unspecified atom stereocenters. The van der Waals surface area contributed by atoms with Gasteiger partial charge in [-0.1, -0.05) is 36.4 Å². The summed E-state index contributed by atoms with van der Waals surface area (Å²) in [5, 5.41) is 0. The third-order valence-corrected chi connectivity index (χ3v) is 2.87. The minimum Gasteiger partial charge on any atom is -0.464 e. The van der Waals surface area contributed by atoms with Crippen LogP contribution in [0.4, 0.5) is 0 Å². The quantitative estimate of drug-likeness (QED) is 0.616. The Labute approximate surface area is 98.8 Å². The molecule has 1 aliphatic carbocycles. The van der Waals surface area contributed by atoms with Gasteiger partial charge in [-0.25, -0.2) is 0 Å². The summed E-state index contributed by atoms with van der Waals surface area (Å²) in [5.41, 5.74) is 3.69. The summed E-state index contributed by atoms with van der Waals surface area (Å²) in [7, 11) is 0. The molecule has 0 N–H and O–H groups in total. The lowest BCUT2D eigenvalue weighted by molar-refractivity contribution is 0.112. The smallest absolute Gasteiger partial charge is 0.150 e. The topological polar surface area (TPSA) is 30.2 Å². The van der Waals surface area contributed by atoms with E-state index in [1.807, 2.05) is 48.5 Å². The van der Waals surface area contributed by atoms with E-state index >= 15 is 0 Å². The molecule has 1 aliphatic heterocycles. The van der Waals surface area contributed by atoms with Crippen molar-refractivity contribution in [3.63, 3.8) is 0 Å². The van der Waals surface area contributed by atoms with Gasteiger partial charge in [0.2, 0.25) is 0 Å². The van der Waals surface area contributed by atoms with Gasteiger partial charge in [0.25, 0.3) is 0 Å². The number of rotatable bonds is 2. The van der Waals surface area contributed by atoms with Gasteiger partial charge in [0.15, 0.2) is 6.29 Å². The van der Waals surface area contributed by atoms with Gasteiger partial charge in [0, 0.05) is 11.1 Å². The van der Waals surface area contributed by atoms with E-state index in [9.17, 15) is 4.79 Å². The van der Waals surface area contributed by atoms with Crippen molar-refractivity contribution in [1.82, 2.24) is 0 Å². The van der Waals surface area contributed by atoms with Crippen LogP contribution in [-0.4, -0.2) is 6.29 Å². The van der Waals surface area contributed by atoms with Crippen molar-refractivity contribution in [2.45, 2.75) is 0 Å². The van der Waals surface area contributed by atoms with Gasteiger partial charge in [-0.3, -0.25) is 4.79 Å². The zero-order valence-corrected chi connectivity index (χ0v) is 9.09. The average Bonchev–Trinajstić information content (AvgIpc) is 2.86. The molecule has 1 aromatic carbocycles. The van der Waals surface area contributed by atoms with E-state index in [4.69, 9.17) is 4.42 Å². The molecule has 17 heavy (non-hydrogen) atoms. The molecule has 0 bridgehead atoms. The fourth-order valence-corrected chi connectivity index (χ4v) is 2.07. The molecular weight excluding hydrogens is 212 g/mol. The van der Waals surface area contributed by atoms with Gasteiger partial charge in [0.05, 0.1) is 6.26 Å². The summed E-state index contributed by atoms with van der Waals surface area (Å²) < 4.78 is 5.40. The summed E-state index contributed by atoms with van der Waals surface area (Å²) >= 11 is 0. The van der Waals surface area contributed by atoms with E-state index < -0.39 is 0 Å². The highest BCUT2D eigenvalue weighted by Gasteiger charge is 2.13. The number of carbonyl (C=O) groups is 1. The maximum absolute atomic E-state index is 11.1. The molecule has 0 saturated heterocycles. The molecule has 0 saturated carbocycles. The molecule has 1 aromatic rings. The Bertz CT molecular complexity index is 637. The predicted molar refractivity (Wildman–Crippen MR) is 66.2 cm³/mol. The normalized spacial score (nSPS) is 10.6. The minimum absolute atomic E-state index is 0.696. The maximum Gasteiger partial charge on any atom is 0.150 e. The molecule has 2 aliphatic rings. The second kappa shape index (κ2) is 3.91. The molecule has 0 atom stereocenters. The zero-order chi connectivity index (χ0) is 11.7. The van der Waals surface area contributed by atoms with Crippen molar-refractivity contribution in [3.8, 4) is 22.5 Å². The largest absolute Gasteiger partial charge is 0.464 e. The SMILES string of the molecule is O=Cc1ccccc1-c1ccoc2cccc1-2. The number of hydrogen-bond acceptors (Lipinski definition) is 2. The molecule has 82 valence electrons. The van der Waals surface area contributed by atoms with Crippen molar-refractivity contribution in [2.75, 3.05) is 0 Å². The Morgan fingerprint density at radius 2 is 1.65 bits per heavy atom. The van der Waals surface area contributed by atoms with Crippen molar-refractivity contribution in [2.24, 2.45) is 0 Å². The van der Waals surface area contributed by atoms with Crippen LogP contribution < -0.4 is 0 Å². The second-order valence-corrected chi connectivity index (χ2v) is 3.84. The highest BCUT2D eigenvalue weighted by molar-refractivity contribution is 5.92. The number of hydrogen-bond donors (Lipinski definition) is 0. The molecule has 0 aromatic heterocycles. The molecule has 2 heteroatoms. The Kier molecular flexibility index (Phi) is 2.26. The lowest BCUT2D eigenvalue weighted by Crippen LogP contribution is -1.89. The van der Waals surface area contributed by atoms with Crippen LogP contribution in [0, 0.1) is 0 Å². The number of aldehydes is 1. The lowest BCUT2D eigenvalue weighted by Gasteiger charge is -2.09. The van der Waals surface area contributed by atoms with Gasteiger partial charge in [-0.2, -0.15) is 0 Å². The summed E-state index contributed by atoms with van der Waals surface area (Å²) in [6.07, 6.45) is 2.54. The average molecular weight is 222 g/mol. The van der Waals surface area contributed by atoms with Gasteiger partial charge in [-0.15, -0.1) is 0 Å². The van der Waals surface area contributed by atoms with Gasteiger partial charge >= 0.3 is 0 Å². The number of benzene rings is 1. The first-order valence-electron chi connectivity index (χ1n) is 5.41. The minimum atomic E-state index is 0.696. The molecule has 1 heterocycles. The summed E-state index contributed by atoms with van der Waals surface area (Å²) in [5.74, 6) is 0.836. The molecule has 2 nitrogen and oxygen atoms in total. The standard InChI is InChI=1S/C15H10O2/c16-10-11-4-1-2-5-12(11)13-8-9-17-15-7-3-6-14(13)15/h1-10H. The summed E-state index contributed by atoms with van der Waals surface area (Å²) in [6.45, 7) is 0. The van der Waals surface area contributed by atoms with E-state index in [0.717, 1.165) is 28.7 Å². The summed E-state index contributed by atoms with van der Waals surface area (Å²) in [4.78, 5) is 11.1. The second-order valence-electron chi connectivity index (χ2n) is 3.84. The number of fused-ring (bicyclic) bond motifs is 1. The molecule has 0 spiro atoms. The highest BCUT2D eigenvalue weighted by atomic mass is 16.3. The van der Waals surface area contributed by atoms with Crippen LogP contribution >= 0.6 is 0 Å². The third-order valence-electron chi connectivity index (χ3n) is 2.87. The van der Waals surface area contributed by atoms with Gasteiger partial charge in [-0.05, 0) is 23.3 Å². The zero-order valence-electron chi connectivity index (χ0n) is 9.09. The van der Waals surface area contributed by atoms with Crippen molar-refractivity contribution in [1.29, 1.82) is 0 Å². The van der Waals surface area contributed by atoms with Crippen molar-refractivity contribution in [3.05, 3.63) is 60.4 Å². The molecule has 0 fully saturated rings.